The highest BCUT2D eigenvalue weighted by Crippen LogP contribution is 2.35. The molecule has 0 bridgehead atoms. The van der Waals surface area contributed by atoms with Gasteiger partial charge >= 0.3 is 6.18 Å². The SMILES string of the molecule is COc1nn(Cc2ccc(Cl)cc2C(F)(F)F)c2ccc(C=O)cc12. The second-order valence-electron chi connectivity index (χ2n) is 5.36. The van der Waals surface area contributed by atoms with Crippen LogP contribution < -0.4 is 4.74 Å². The third-order valence-corrected chi connectivity index (χ3v) is 4.00. The molecule has 0 N–H and O–H groups in total. The van der Waals surface area contributed by atoms with Crippen LogP contribution in [-0.4, -0.2) is 23.2 Å². The zero-order valence-electron chi connectivity index (χ0n) is 13.0. The highest BCUT2D eigenvalue weighted by molar-refractivity contribution is 6.30. The van der Waals surface area contributed by atoms with Crippen molar-refractivity contribution >= 4 is 28.8 Å². The van der Waals surface area contributed by atoms with Gasteiger partial charge in [-0.05, 0) is 35.9 Å². The van der Waals surface area contributed by atoms with Crippen molar-refractivity contribution in [3.8, 4) is 5.88 Å². The number of aldehydes is 1. The van der Waals surface area contributed by atoms with E-state index in [1.165, 1.54) is 23.9 Å². The van der Waals surface area contributed by atoms with Gasteiger partial charge in [-0.15, -0.1) is 5.10 Å². The summed E-state index contributed by atoms with van der Waals surface area (Å²) in [6.07, 6.45) is -3.85. The van der Waals surface area contributed by atoms with Gasteiger partial charge in [0, 0.05) is 10.6 Å². The number of carbonyl (C=O) groups excluding carboxylic acids is 1. The molecule has 0 aliphatic heterocycles. The summed E-state index contributed by atoms with van der Waals surface area (Å²) in [4.78, 5) is 10.9. The summed E-state index contributed by atoms with van der Waals surface area (Å²) in [6, 6.07) is 8.39. The van der Waals surface area contributed by atoms with E-state index in [0.717, 1.165) is 6.07 Å². The number of halogens is 4. The van der Waals surface area contributed by atoms with E-state index < -0.39 is 11.7 Å². The lowest BCUT2D eigenvalue weighted by molar-refractivity contribution is -0.138. The molecule has 1 aromatic heterocycles. The van der Waals surface area contributed by atoms with Crippen LogP contribution in [0.5, 0.6) is 5.88 Å². The Morgan fingerprint density at radius 2 is 2.00 bits per heavy atom. The Morgan fingerprint density at radius 1 is 1.24 bits per heavy atom. The van der Waals surface area contributed by atoms with E-state index in [1.54, 1.807) is 18.2 Å². The average molecular weight is 369 g/mol. The number of benzene rings is 2. The number of methoxy groups -OCH3 is 1. The Bertz CT molecular complexity index is 951. The molecule has 0 atom stereocenters. The Kier molecular flexibility index (Phi) is 4.43. The standard InChI is InChI=1S/C17H12ClF3N2O2/c1-25-16-13-6-10(9-24)2-5-15(13)23(22-16)8-11-3-4-12(18)7-14(11)17(19,20)21/h2-7,9H,8H2,1H3. The molecule has 2 aromatic carbocycles. The fourth-order valence-electron chi connectivity index (χ4n) is 2.62. The fourth-order valence-corrected chi connectivity index (χ4v) is 2.80. The molecule has 0 aliphatic carbocycles. The maximum absolute atomic E-state index is 13.3. The van der Waals surface area contributed by atoms with Gasteiger partial charge in [0.2, 0.25) is 5.88 Å². The summed E-state index contributed by atoms with van der Waals surface area (Å²) >= 11 is 5.71. The molecule has 130 valence electrons. The molecule has 1 heterocycles. The van der Waals surface area contributed by atoms with Crippen LogP contribution in [0.25, 0.3) is 10.9 Å². The zero-order chi connectivity index (χ0) is 18.2. The van der Waals surface area contributed by atoms with Gasteiger partial charge in [0.15, 0.2) is 0 Å². The van der Waals surface area contributed by atoms with Crippen molar-refractivity contribution in [2.75, 3.05) is 7.11 Å². The van der Waals surface area contributed by atoms with Crippen LogP contribution in [0.3, 0.4) is 0 Å². The molecule has 3 rings (SSSR count). The summed E-state index contributed by atoms with van der Waals surface area (Å²) in [7, 11) is 1.41. The van der Waals surface area contributed by atoms with Gasteiger partial charge in [0.1, 0.15) is 6.29 Å². The lowest BCUT2D eigenvalue weighted by Gasteiger charge is -2.13. The first-order valence-electron chi connectivity index (χ1n) is 7.19. The van der Waals surface area contributed by atoms with Crippen molar-refractivity contribution in [2.24, 2.45) is 0 Å². The number of aromatic nitrogens is 2. The average Bonchev–Trinajstić information content (AvgIpc) is 2.92. The van der Waals surface area contributed by atoms with Crippen molar-refractivity contribution in [3.05, 3.63) is 58.1 Å². The van der Waals surface area contributed by atoms with Gasteiger partial charge in [-0.25, -0.2) is 0 Å². The van der Waals surface area contributed by atoms with E-state index in [9.17, 15) is 18.0 Å². The van der Waals surface area contributed by atoms with E-state index in [4.69, 9.17) is 16.3 Å². The van der Waals surface area contributed by atoms with Gasteiger partial charge in [0.05, 0.1) is 30.1 Å². The summed E-state index contributed by atoms with van der Waals surface area (Å²) < 4.78 is 46.4. The van der Waals surface area contributed by atoms with Gasteiger partial charge in [-0.3, -0.25) is 9.48 Å². The second-order valence-corrected chi connectivity index (χ2v) is 5.80. The van der Waals surface area contributed by atoms with Crippen LogP contribution in [-0.2, 0) is 12.7 Å². The van der Waals surface area contributed by atoms with E-state index in [-0.39, 0.29) is 23.0 Å². The topological polar surface area (TPSA) is 44.1 Å². The maximum atomic E-state index is 13.3. The van der Waals surface area contributed by atoms with E-state index in [2.05, 4.69) is 5.10 Å². The van der Waals surface area contributed by atoms with Gasteiger partial charge in [-0.2, -0.15) is 13.2 Å². The minimum absolute atomic E-state index is 0.00889. The maximum Gasteiger partial charge on any atom is 0.416 e. The monoisotopic (exact) mass is 368 g/mol. The summed E-state index contributed by atoms with van der Waals surface area (Å²) in [5.74, 6) is 0.237. The third kappa shape index (κ3) is 3.32. The van der Waals surface area contributed by atoms with Crippen molar-refractivity contribution in [1.82, 2.24) is 9.78 Å². The largest absolute Gasteiger partial charge is 0.479 e. The molecule has 0 amide bonds. The van der Waals surface area contributed by atoms with Crippen molar-refractivity contribution < 1.29 is 22.7 Å². The smallest absolute Gasteiger partial charge is 0.416 e. The molecule has 0 unspecified atom stereocenters. The van der Waals surface area contributed by atoms with Crippen LogP contribution in [0.15, 0.2) is 36.4 Å². The lowest BCUT2D eigenvalue weighted by Crippen LogP contribution is -2.12. The van der Waals surface area contributed by atoms with Crippen LogP contribution in [0, 0.1) is 0 Å². The van der Waals surface area contributed by atoms with Crippen LogP contribution in [0.1, 0.15) is 21.5 Å². The predicted molar refractivity (Wildman–Crippen MR) is 87.2 cm³/mol. The highest BCUT2D eigenvalue weighted by Gasteiger charge is 2.33. The number of alkyl halides is 3. The number of hydrogen-bond acceptors (Lipinski definition) is 3. The Balaban J connectivity index is 2.12. The summed E-state index contributed by atoms with van der Waals surface area (Å²) in [6.45, 7) is -0.119. The van der Waals surface area contributed by atoms with Crippen molar-refractivity contribution in [1.29, 1.82) is 0 Å². The van der Waals surface area contributed by atoms with Crippen LogP contribution in [0.4, 0.5) is 13.2 Å². The number of rotatable bonds is 4. The second kappa shape index (κ2) is 6.40. The molecule has 0 radical (unpaired) electrons. The van der Waals surface area contributed by atoms with Gasteiger partial charge in [-0.1, -0.05) is 17.7 Å². The number of carbonyl (C=O) groups is 1. The Labute approximate surface area is 145 Å². The number of hydrogen-bond donors (Lipinski definition) is 0. The predicted octanol–water partition coefficient (Wildman–Crippen LogP) is 4.58. The quantitative estimate of drug-likeness (QED) is 0.633. The Hall–Kier alpha value is -2.54. The molecule has 0 saturated carbocycles. The third-order valence-electron chi connectivity index (χ3n) is 3.77. The molecule has 3 aromatic rings. The van der Waals surface area contributed by atoms with Crippen molar-refractivity contribution in [3.63, 3.8) is 0 Å². The fraction of sp³-hybridized carbons (Fsp3) is 0.176. The van der Waals surface area contributed by atoms with E-state index in [1.807, 2.05) is 0 Å². The molecule has 0 fully saturated rings. The first-order chi connectivity index (χ1) is 11.8. The van der Waals surface area contributed by atoms with Gasteiger partial charge < -0.3 is 4.74 Å². The van der Waals surface area contributed by atoms with Crippen LogP contribution >= 0.6 is 11.6 Å². The minimum Gasteiger partial charge on any atom is -0.479 e. The van der Waals surface area contributed by atoms with E-state index in [0.29, 0.717) is 22.8 Å². The molecule has 8 heteroatoms. The highest BCUT2D eigenvalue weighted by atomic mass is 35.5. The normalized spacial score (nSPS) is 11.7. The van der Waals surface area contributed by atoms with Crippen molar-refractivity contribution in [2.45, 2.75) is 12.7 Å². The summed E-state index contributed by atoms with van der Waals surface area (Å²) in [5.41, 5.74) is 0.203. The van der Waals surface area contributed by atoms with Crippen LogP contribution in [0.2, 0.25) is 5.02 Å². The summed E-state index contributed by atoms with van der Waals surface area (Å²) in [5, 5.41) is 4.76. The number of ether oxygens (including phenoxy) is 1. The first kappa shape index (κ1) is 17.3. The first-order valence-corrected chi connectivity index (χ1v) is 7.56. The Morgan fingerprint density at radius 3 is 2.64 bits per heavy atom. The lowest BCUT2D eigenvalue weighted by atomic mass is 10.1. The molecule has 0 saturated heterocycles. The molecular weight excluding hydrogens is 357 g/mol. The van der Waals surface area contributed by atoms with Gasteiger partial charge in [0.25, 0.3) is 0 Å². The molecule has 25 heavy (non-hydrogen) atoms. The number of nitrogens with zero attached hydrogens (tertiary/aromatic N) is 2. The van der Waals surface area contributed by atoms with E-state index >= 15 is 0 Å². The zero-order valence-corrected chi connectivity index (χ0v) is 13.7. The molecule has 0 aliphatic rings. The number of fused-ring (bicyclic) bond motifs is 1. The molecular formula is C17H12ClF3N2O2. The molecule has 4 nitrogen and oxygen atoms in total. The molecule has 0 spiro atoms. The minimum atomic E-state index is -4.53.